The number of alkyl halides is 2. The molecule has 1 amide bonds. The van der Waals surface area contributed by atoms with E-state index in [0.29, 0.717) is 5.56 Å². The van der Waals surface area contributed by atoms with Crippen LogP contribution in [0.4, 0.5) is 8.78 Å². The number of aromatic nitrogens is 2. The van der Waals surface area contributed by atoms with Gasteiger partial charge in [-0.05, 0) is 11.6 Å². The molecule has 7 heteroatoms. The van der Waals surface area contributed by atoms with Crippen LogP contribution >= 0.6 is 0 Å². The van der Waals surface area contributed by atoms with E-state index in [2.05, 4.69) is 10.2 Å². The van der Waals surface area contributed by atoms with E-state index in [1.807, 2.05) is 30.3 Å². The molecule has 1 saturated heterocycles. The zero-order valence-electron chi connectivity index (χ0n) is 13.6. The lowest BCUT2D eigenvalue weighted by Crippen LogP contribution is -2.50. The maximum absolute atomic E-state index is 14.2. The van der Waals surface area contributed by atoms with Crippen LogP contribution in [0.5, 0.6) is 0 Å². The number of nitrogens with zero attached hydrogens (tertiary/aromatic N) is 3. The molecule has 1 aliphatic rings. The van der Waals surface area contributed by atoms with Crippen molar-refractivity contribution in [1.29, 1.82) is 0 Å². The Balaban J connectivity index is 1.60. The van der Waals surface area contributed by atoms with E-state index >= 15 is 0 Å². The minimum Gasteiger partial charge on any atom is -0.376 e. The van der Waals surface area contributed by atoms with E-state index in [1.54, 1.807) is 0 Å². The van der Waals surface area contributed by atoms with Crippen LogP contribution in [0.3, 0.4) is 0 Å². The predicted octanol–water partition coefficient (Wildman–Crippen LogP) is 2.79. The molecule has 0 radical (unpaired) electrons. The number of benzene rings is 1. The molecule has 1 aromatic carbocycles. The van der Waals surface area contributed by atoms with Gasteiger partial charge >= 0.3 is 0 Å². The van der Waals surface area contributed by atoms with Crippen LogP contribution in [0.2, 0.25) is 0 Å². The lowest BCUT2D eigenvalue weighted by molar-refractivity contribution is -0.124. The minimum absolute atomic E-state index is 0.0172. The molecule has 2 aromatic rings. The summed E-state index contributed by atoms with van der Waals surface area (Å²) < 4.78 is 33.9. The fourth-order valence-corrected chi connectivity index (χ4v) is 2.83. The summed E-state index contributed by atoms with van der Waals surface area (Å²) in [6.07, 6.45) is 2.39. The Morgan fingerprint density at radius 1 is 1.24 bits per heavy atom. The first-order chi connectivity index (χ1) is 12.1. The molecule has 3 rings (SSSR count). The van der Waals surface area contributed by atoms with Gasteiger partial charge in [0.2, 0.25) is 0 Å². The van der Waals surface area contributed by atoms with Crippen molar-refractivity contribution in [2.45, 2.75) is 19.0 Å². The number of carbonyl (C=O) groups excluding carboxylic acids is 1. The first-order valence-corrected chi connectivity index (χ1v) is 8.12. The number of rotatable bonds is 5. The molecule has 0 spiro atoms. The summed E-state index contributed by atoms with van der Waals surface area (Å²) in [6, 6.07) is 10.9. The van der Waals surface area contributed by atoms with Crippen LogP contribution in [-0.2, 0) is 11.3 Å². The summed E-state index contributed by atoms with van der Waals surface area (Å²) in [4.78, 5) is 13.9. The standard InChI is InChI=1S/C18H19F2N3O2/c19-18(20)7-9-23(17(24)15-6-8-21-22-10-15)11-16(18)13-25-12-14-4-2-1-3-5-14/h1-6,8,10,16H,7,9,11-13H2. The molecule has 2 heterocycles. The summed E-state index contributed by atoms with van der Waals surface area (Å²) >= 11 is 0. The molecule has 1 unspecified atom stereocenters. The normalized spacial score (nSPS) is 19.6. The summed E-state index contributed by atoms with van der Waals surface area (Å²) in [5.74, 6) is -4.17. The van der Waals surface area contributed by atoms with E-state index in [9.17, 15) is 13.6 Å². The number of carbonyl (C=O) groups is 1. The van der Waals surface area contributed by atoms with Crippen molar-refractivity contribution in [2.75, 3.05) is 19.7 Å². The Kier molecular flexibility index (Phi) is 5.33. The fourth-order valence-electron chi connectivity index (χ4n) is 2.83. The van der Waals surface area contributed by atoms with Gasteiger partial charge in [0.15, 0.2) is 0 Å². The lowest BCUT2D eigenvalue weighted by Gasteiger charge is -2.38. The molecule has 1 aliphatic heterocycles. The highest BCUT2D eigenvalue weighted by atomic mass is 19.3. The van der Waals surface area contributed by atoms with E-state index in [0.717, 1.165) is 5.56 Å². The summed E-state index contributed by atoms with van der Waals surface area (Å²) in [6.45, 7) is 0.155. The molecular weight excluding hydrogens is 328 g/mol. The number of hydrogen-bond donors (Lipinski definition) is 0. The van der Waals surface area contributed by atoms with Crippen LogP contribution in [0.15, 0.2) is 48.8 Å². The van der Waals surface area contributed by atoms with Gasteiger partial charge in [0, 0.05) is 19.5 Å². The van der Waals surface area contributed by atoms with Crippen molar-refractivity contribution >= 4 is 5.91 Å². The third-order valence-electron chi connectivity index (χ3n) is 4.30. The monoisotopic (exact) mass is 347 g/mol. The van der Waals surface area contributed by atoms with Crippen molar-refractivity contribution in [3.63, 3.8) is 0 Å². The van der Waals surface area contributed by atoms with Gasteiger partial charge in [-0.3, -0.25) is 4.79 Å². The third kappa shape index (κ3) is 4.36. The molecule has 1 fully saturated rings. The molecule has 0 bridgehead atoms. The van der Waals surface area contributed by atoms with Crippen LogP contribution in [0, 0.1) is 5.92 Å². The summed E-state index contributed by atoms with van der Waals surface area (Å²) in [5, 5.41) is 7.28. The minimum atomic E-state index is -2.84. The Morgan fingerprint density at radius 3 is 2.76 bits per heavy atom. The lowest BCUT2D eigenvalue weighted by atomic mass is 9.94. The second-order valence-electron chi connectivity index (χ2n) is 6.09. The second-order valence-corrected chi connectivity index (χ2v) is 6.09. The van der Waals surface area contributed by atoms with Gasteiger partial charge in [-0.15, -0.1) is 0 Å². The molecule has 0 aliphatic carbocycles. The number of amides is 1. The zero-order valence-corrected chi connectivity index (χ0v) is 13.6. The van der Waals surface area contributed by atoms with Crippen molar-refractivity contribution in [3.8, 4) is 0 Å². The van der Waals surface area contributed by atoms with Crippen LogP contribution < -0.4 is 0 Å². The van der Waals surface area contributed by atoms with Crippen molar-refractivity contribution < 1.29 is 18.3 Å². The molecule has 5 nitrogen and oxygen atoms in total. The number of piperidine rings is 1. The highest BCUT2D eigenvalue weighted by Crippen LogP contribution is 2.34. The van der Waals surface area contributed by atoms with Gasteiger partial charge < -0.3 is 9.64 Å². The highest BCUT2D eigenvalue weighted by Gasteiger charge is 2.45. The zero-order chi connectivity index (χ0) is 17.7. The van der Waals surface area contributed by atoms with Crippen molar-refractivity contribution in [2.24, 2.45) is 5.92 Å². The van der Waals surface area contributed by atoms with Crippen LogP contribution in [0.1, 0.15) is 22.3 Å². The topological polar surface area (TPSA) is 55.3 Å². The van der Waals surface area contributed by atoms with Crippen molar-refractivity contribution in [1.82, 2.24) is 15.1 Å². The molecule has 25 heavy (non-hydrogen) atoms. The second kappa shape index (κ2) is 7.65. The molecule has 1 atom stereocenters. The van der Waals surface area contributed by atoms with E-state index in [4.69, 9.17) is 4.74 Å². The average Bonchev–Trinajstić information content (AvgIpc) is 2.64. The number of hydrogen-bond acceptors (Lipinski definition) is 4. The molecule has 0 saturated carbocycles. The smallest absolute Gasteiger partial charge is 0.256 e. The Hall–Kier alpha value is -2.41. The largest absolute Gasteiger partial charge is 0.376 e. The number of likely N-dealkylation sites (tertiary alicyclic amines) is 1. The molecular formula is C18H19F2N3O2. The summed E-state index contributed by atoms with van der Waals surface area (Å²) in [5.41, 5.74) is 1.28. The predicted molar refractivity (Wildman–Crippen MR) is 87.1 cm³/mol. The molecule has 0 N–H and O–H groups in total. The summed E-state index contributed by atoms with van der Waals surface area (Å²) in [7, 11) is 0. The fraction of sp³-hybridized carbons (Fsp3) is 0.389. The number of ether oxygens (including phenoxy) is 1. The Bertz CT molecular complexity index is 698. The van der Waals surface area contributed by atoms with Crippen LogP contribution in [0.25, 0.3) is 0 Å². The Morgan fingerprint density at radius 2 is 2.04 bits per heavy atom. The van der Waals surface area contributed by atoms with E-state index < -0.39 is 11.8 Å². The van der Waals surface area contributed by atoms with Gasteiger partial charge in [-0.2, -0.15) is 10.2 Å². The quantitative estimate of drug-likeness (QED) is 0.835. The van der Waals surface area contributed by atoms with Gasteiger partial charge in [0.1, 0.15) is 0 Å². The van der Waals surface area contributed by atoms with E-state index in [1.165, 1.54) is 23.4 Å². The molecule has 1 aromatic heterocycles. The van der Waals surface area contributed by atoms with Gasteiger partial charge in [0.25, 0.3) is 11.8 Å². The Labute approximate surface area is 144 Å². The molecule has 132 valence electrons. The maximum Gasteiger partial charge on any atom is 0.256 e. The van der Waals surface area contributed by atoms with Gasteiger partial charge in [-0.25, -0.2) is 8.78 Å². The first kappa shape index (κ1) is 17.4. The SMILES string of the molecule is O=C(c1ccnnc1)N1CCC(F)(F)C(COCc2ccccc2)C1. The highest BCUT2D eigenvalue weighted by molar-refractivity contribution is 5.93. The third-order valence-corrected chi connectivity index (χ3v) is 4.30. The van der Waals surface area contributed by atoms with Crippen molar-refractivity contribution in [3.05, 3.63) is 59.9 Å². The van der Waals surface area contributed by atoms with E-state index in [-0.39, 0.29) is 38.6 Å². The number of halogens is 2. The maximum atomic E-state index is 14.2. The van der Waals surface area contributed by atoms with Gasteiger partial charge in [-0.1, -0.05) is 30.3 Å². The first-order valence-electron chi connectivity index (χ1n) is 8.12. The van der Waals surface area contributed by atoms with Gasteiger partial charge in [0.05, 0.1) is 37.1 Å². The average molecular weight is 347 g/mol. The van der Waals surface area contributed by atoms with Crippen LogP contribution in [-0.4, -0.2) is 46.6 Å².